The number of nitrogens with zero attached hydrogens (tertiary/aromatic N) is 6. The molecular weight excluding hydrogens is 410 g/mol. The van der Waals surface area contributed by atoms with Crippen LogP contribution < -0.4 is 10.2 Å². The molecule has 8 nitrogen and oxygen atoms in total. The van der Waals surface area contributed by atoms with E-state index < -0.39 is 0 Å². The molecule has 0 aliphatic rings. The zero-order chi connectivity index (χ0) is 21.4. The fourth-order valence-electron chi connectivity index (χ4n) is 2.44. The smallest absolute Gasteiger partial charge is 0.231 e. The minimum Gasteiger partial charge on any atom is -0.372 e. The lowest BCUT2D eigenvalue weighted by Gasteiger charge is -2.22. The second-order valence-electron chi connectivity index (χ2n) is 5.69. The molecule has 1 aromatic heterocycles. The van der Waals surface area contributed by atoms with Crippen LogP contribution >= 0.6 is 22.9 Å². The minimum absolute atomic E-state index is 0.0843. The van der Waals surface area contributed by atoms with Gasteiger partial charge in [-0.1, -0.05) is 22.9 Å². The van der Waals surface area contributed by atoms with Crippen molar-refractivity contribution in [3.05, 3.63) is 33.8 Å². The van der Waals surface area contributed by atoms with Gasteiger partial charge < -0.3 is 10.2 Å². The van der Waals surface area contributed by atoms with Crippen LogP contribution in [0.15, 0.2) is 34.0 Å². The first-order chi connectivity index (χ1) is 13.9. The quantitative estimate of drug-likeness (QED) is 0.465. The van der Waals surface area contributed by atoms with Gasteiger partial charge in [-0.2, -0.15) is 10.5 Å². The maximum atomic E-state index is 11.6. The molecule has 0 saturated heterocycles. The van der Waals surface area contributed by atoms with Gasteiger partial charge in [0.05, 0.1) is 10.6 Å². The largest absolute Gasteiger partial charge is 0.372 e. The maximum Gasteiger partial charge on any atom is 0.231 e. The standard InChI is InChI=1S/C19H18ClN7OS/c1-4-27(5-2)14-6-7-15(16(9-14)23-12(3)28)25-26-19-24-18(20)17(29-19)8-13(10-21)11-22/h6-9H,4-5H2,1-3H3,(H,23,28). The van der Waals surface area contributed by atoms with Crippen molar-refractivity contribution in [2.24, 2.45) is 10.2 Å². The molecule has 2 aromatic rings. The number of nitrogens with one attached hydrogen (secondary N) is 1. The number of thiazole rings is 1. The summed E-state index contributed by atoms with van der Waals surface area (Å²) in [5, 5.41) is 29.1. The Morgan fingerprint density at radius 1 is 1.31 bits per heavy atom. The monoisotopic (exact) mass is 427 g/mol. The molecule has 1 amide bonds. The van der Waals surface area contributed by atoms with Gasteiger partial charge >= 0.3 is 0 Å². The van der Waals surface area contributed by atoms with Crippen molar-refractivity contribution >= 4 is 57.1 Å². The van der Waals surface area contributed by atoms with Gasteiger partial charge in [-0.15, -0.1) is 10.2 Å². The third-order valence-corrected chi connectivity index (χ3v) is 5.06. The van der Waals surface area contributed by atoms with E-state index in [9.17, 15) is 4.79 Å². The predicted octanol–water partition coefficient (Wildman–Crippen LogP) is 5.45. The van der Waals surface area contributed by atoms with Gasteiger partial charge in [0, 0.05) is 25.7 Å². The minimum atomic E-state index is -0.219. The normalized spacial score (nSPS) is 10.3. The molecule has 2 rings (SSSR count). The number of nitriles is 2. The fraction of sp³-hybridized carbons (Fsp3) is 0.263. The molecule has 1 heterocycles. The Labute approximate surface area is 177 Å². The first-order valence-corrected chi connectivity index (χ1v) is 9.87. The number of carbonyl (C=O) groups is 1. The lowest BCUT2D eigenvalue weighted by Crippen LogP contribution is -2.21. The van der Waals surface area contributed by atoms with Crippen LogP contribution in [0.1, 0.15) is 25.6 Å². The molecule has 0 atom stereocenters. The van der Waals surface area contributed by atoms with Crippen molar-refractivity contribution in [1.82, 2.24) is 4.98 Å². The topological polar surface area (TPSA) is 118 Å². The fourth-order valence-corrected chi connectivity index (χ4v) is 3.46. The van der Waals surface area contributed by atoms with Crippen LogP contribution in [-0.2, 0) is 4.79 Å². The summed E-state index contributed by atoms with van der Waals surface area (Å²) in [6, 6.07) is 9.05. The van der Waals surface area contributed by atoms with E-state index in [-0.39, 0.29) is 21.8 Å². The molecule has 0 aliphatic heterocycles. The third kappa shape index (κ3) is 5.85. The third-order valence-electron chi connectivity index (χ3n) is 3.78. The summed E-state index contributed by atoms with van der Waals surface area (Å²) in [6.45, 7) is 7.19. The number of halogens is 1. The van der Waals surface area contributed by atoms with Crippen LogP contribution in [0, 0.1) is 22.7 Å². The molecule has 1 N–H and O–H groups in total. The van der Waals surface area contributed by atoms with Gasteiger partial charge in [-0.25, -0.2) is 4.98 Å². The number of amides is 1. The van der Waals surface area contributed by atoms with E-state index in [0.717, 1.165) is 30.1 Å². The second kappa shape index (κ2) is 10.3. The van der Waals surface area contributed by atoms with Crippen LogP contribution in [0.3, 0.4) is 0 Å². The van der Waals surface area contributed by atoms with Crippen molar-refractivity contribution in [2.75, 3.05) is 23.3 Å². The highest BCUT2D eigenvalue weighted by Crippen LogP contribution is 2.34. The summed E-state index contributed by atoms with van der Waals surface area (Å²) >= 11 is 7.14. The van der Waals surface area contributed by atoms with Gasteiger partial charge in [0.1, 0.15) is 28.6 Å². The Hall–Kier alpha value is -3.27. The lowest BCUT2D eigenvalue weighted by atomic mass is 10.2. The number of benzene rings is 1. The molecule has 0 bridgehead atoms. The van der Waals surface area contributed by atoms with Crippen LogP contribution in [0.4, 0.5) is 22.2 Å². The number of anilines is 2. The van der Waals surface area contributed by atoms with E-state index in [1.54, 1.807) is 18.2 Å². The van der Waals surface area contributed by atoms with Gasteiger partial charge in [0.2, 0.25) is 11.0 Å². The Morgan fingerprint density at radius 3 is 2.59 bits per heavy atom. The van der Waals surface area contributed by atoms with Crippen molar-refractivity contribution in [3.8, 4) is 12.1 Å². The summed E-state index contributed by atoms with van der Waals surface area (Å²) in [7, 11) is 0. The molecule has 29 heavy (non-hydrogen) atoms. The van der Waals surface area contributed by atoms with Gasteiger partial charge in [0.25, 0.3) is 0 Å². The SMILES string of the molecule is CCN(CC)c1ccc(N=Nc2nc(Cl)c(C=C(C#N)C#N)s2)c(NC(C)=O)c1. The van der Waals surface area contributed by atoms with Crippen LogP contribution in [0.25, 0.3) is 6.08 Å². The van der Waals surface area contributed by atoms with Crippen molar-refractivity contribution < 1.29 is 4.79 Å². The average Bonchev–Trinajstić information content (AvgIpc) is 3.05. The Balaban J connectivity index is 2.37. The molecule has 0 radical (unpaired) electrons. The zero-order valence-corrected chi connectivity index (χ0v) is 17.7. The van der Waals surface area contributed by atoms with Crippen LogP contribution in [0.5, 0.6) is 0 Å². The summed E-state index contributed by atoms with van der Waals surface area (Å²) in [5.74, 6) is -0.219. The first-order valence-electron chi connectivity index (χ1n) is 8.68. The van der Waals surface area contributed by atoms with Crippen LogP contribution in [0.2, 0.25) is 5.15 Å². The highest BCUT2D eigenvalue weighted by molar-refractivity contribution is 7.16. The molecule has 0 spiro atoms. The highest BCUT2D eigenvalue weighted by Gasteiger charge is 2.11. The molecule has 0 fully saturated rings. The summed E-state index contributed by atoms with van der Waals surface area (Å²) in [5.41, 5.74) is 1.88. The second-order valence-corrected chi connectivity index (χ2v) is 7.06. The first kappa shape index (κ1) is 22.0. The number of carbonyl (C=O) groups excluding carboxylic acids is 1. The predicted molar refractivity (Wildman–Crippen MR) is 115 cm³/mol. The van der Waals surface area contributed by atoms with E-state index >= 15 is 0 Å². The number of hydrogen-bond acceptors (Lipinski definition) is 8. The van der Waals surface area contributed by atoms with Gasteiger partial charge in [-0.05, 0) is 38.1 Å². The highest BCUT2D eigenvalue weighted by atomic mass is 35.5. The molecule has 0 unspecified atom stereocenters. The molecular formula is C19H18ClN7OS. The van der Waals surface area contributed by atoms with Crippen molar-refractivity contribution in [3.63, 3.8) is 0 Å². The number of hydrogen-bond donors (Lipinski definition) is 1. The molecule has 148 valence electrons. The van der Waals surface area contributed by atoms with E-state index in [4.69, 9.17) is 22.1 Å². The van der Waals surface area contributed by atoms with E-state index in [0.29, 0.717) is 16.3 Å². The lowest BCUT2D eigenvalue weighted by molar-refractivity contribution is -0.114. The van der Waals surface area contributed by atoms with Crippen molar-refractivity contribution in [1.29, 1.82) is 10.5 Å². The van der Waals surface area contributed by atoms with E-state index in [2.05, 4.69) is 39.3 Å². The molecule has 1 aromatic carbocycles. The molecule has 0 saturated carbocycles. The Kier molecular flexibility index (Phi) is 7.84. The molecule has 0 aliphatic carbocycles. The van der Waals surface area contributed by atoms with Crippen LogP contribution in [-0.4, -0.2) is 24.0 Å². The average molecular weight is 428 g/mol. The number of azo groups is 1. The Morgan fingerprint density at radius 2 is 2.00 bits per heavy atom. The van der Waals surface area contributed by atoms with E-state index in [1.165, 1.54) is 13.0 Å². The van der Waals surface area contributed by atoms with Gasteiger partial charge in [-0.3, -0.25) is 4.79 Å². The zero-order valence-electron chi connectivity index (χ0n) is 16.1. The number of allylic oxidation sites excluding steroid dienone is 1. The Bertz CT molecular complexity index is 1030. The van der Waals surface area contributed by atoms with E-state index in [1.807, 2.05) is 12.1 Å². The van der Waals surface area contributed by atoms with Gasteiger partial charge in [0.15, 0.2) is 0 Å². The van der Waals surface area contributed by atoms with Crippen molar-refractivity contribution in [2.45, 2.75) is 20.8 Å². The number of rotatable bonds is 7. The summed E-state index contributed by atoms with van der Waals surface area (Å²) in [6.07, 6.45) is 1.35. The number of aromatic nitrogens is 1. The summed E-state index contributed by atoms with van der Waals surface area (Å²) < 4.78 is 0. The summed E-state index contributed by atoms with van der Waals surface area (Å²) in [4.78, 5) is 18.2. The molecule has 10 heteroatoms. The maximum absolute atomic E-state index is 11.6.